The number of hydrogen-bond donors (Lipinski definition) is 2. The van der Waals surface area contributed by atoms with E-state index in [0.29, 0.717) is 18.0 Å². The summed E-state index contributed by atoms with van der Waals surface area (Å²) in [6.45, 7) is 2.59. The van der Waals surface area contributed by atoms with Crippen LogP contribution < -0.4 is 10.1 Å². The lowest BCUT2D eigenvalue weighted by molar-refractivity contribution is -0.129. The van der Waals surface area contributed by atoms with Gasteiger partial charge in [-0.2, -0.15) is 0 Å². The topological polar surface area (TPSA) is 78.9 Å². The number of aryl methyl sites for hydroxylation is 1. The summed E-state index contributed by atoms with van der Waals surface area (Å²) in [5, 5.41) is 13.6. The molecule has 4 aromatic carbocycles. The van der Waals surface area contributed by atoms with Crippen LogP contribution in [0.15, 0.2) is 95.9 Å². The Hall–Kier alpha value is -3.05. The average Bonchev–Trinajstić information content (AvgIpc) is 3.30. The number of benzene rings is 4. The fourth-order valence-electron chi connectivity index (χ4n) is 5.54. The van der Waals surface area contributed by atoms with Crippen molar-refractivity contribution in [2.75, 3.05) is 13.7 Å². The maximum absolute atomic E-state index is 14.6. The van der Waals surface area contributed by atoms with Crippen LogP contribution >= 0.6 is 46.0 Å². The summed E-state index contributed by atoms with van der Waals surface area (Å²) in [7, 11) is 1.63. The van der Waals surface area contributed by atoms with E-state index in [9.17, 15) is 14.7 Å². The molecular formula is C35H34ClIN2O4S. The Morgan fingerprint density at radius 1 is 1.07 bits per heavy atom. The highest BCUT2D eigenvalue weighted by atomic mass is 127. The minimum Gasteiger partial charge on any atom is -0.497 e. The van der Waals surface area contributed by atoms with Gasteiger partial charge in [0.25, 0.3) is 0 Å². The SMILES string of the molecule is COc1ccc(CCNC(=O)[C@@]2(Sc3ccc(C)cc3)CC(=O)N(Cc3ccccc3Cl)[C@@H]2c2ccc(CO)cc2I)cc1. The number of carbonyl (C=O) groups excluding carboxylic acids is 2. The molecule has 0 aliphatic carbocycles. The Morgan fingerprint density at radius 3 is 2.43 bits per heavy atom. The third-order valence-electron chi connectivity index (χ3n) is 7.89. The van der Waals surface area contributed by atoms with Crippen molar-refractivity contribution in [3.8, 4) is 5.75 Å². The molecule has 0 aromatic heterocycles. The molecule has 1 aliphatic heterocycles. The molecule has 1 heterocycles. The predicted octanol–water partition coefficient (Wildman–Crippen LogP) is 7.12. The maximum Gasteiger partial charge on any atom is 0.239 e. The van der Waals surface area contributed by atoms with Crippen LogP contribution in [0.4, 0.5) is 0 Å². The van der Waals surface area contributed by atoms with Crippen molar-refractivity contribution in [2.45, 2.75) is 48.6 Å². The van der Waals surface area contributed by atoms with Crippen molar-refractivity contribution in [1.29, 1.82) is 0 Å². The summed E-state index contributed by atoms with van der Waals surface area (Å²) in [4.78, 5) is 31.3. The lowest BCUT2D eigenvalue weighted by Gasteiger charge is -2.37. The van der Waals surface area contributed by atoms with E-state index in [4.69, 9.17) is 16.3 Å². The van der Waals surface area contributed by atoms with Crippen LogP contribution in [0.25, 0.3) is 0 Å². The van der Waals surface area contributed by atoms with E-state index >= 15 is 0 Å². The van der Waals surface area contributed by atoms with E-state index < -0.39 is 10.8 Å². The standard InChI is InChI=1S/C35H34ClIN2O4S/c1-23-7-14-28(15-8-23)44-35(34(42)38-18-17-24-9-12-27(43-2)13-10-24)20-32(41)39(21-26-5-3-4-6-30(26)36)33(35)29-16-11-25(22-40)19-31(29)37/h3-16,19,33,40H,17-18,20-22H2,1-2H3,(H,38,42)/t33-,35-/m1/s1. The van der Waals surface area contributed by atoms with Gasteiger partial charge in [0.2, 0.25) is 11.8 Å². The number of nitrogens with zero attached hydrogens (tertiary/aromatic N) is 1. The molecule has 1 fully saturated rings. The number of ether oxygens (including phenoxy) is 1. The van der Waals surface area contributed by atoms with E-state index in [1.807, 2.05) is 97.9 Å². The Bertz CT molecular complexity index is 1630. The van der Waals surface area contributed by atoms with Gasteiger partial charge in [-0.1, -0.05) is 71.8 Å². The van der Waals surface area contributed by atoms with Crippen molar-refractivity contribution in [3.05, 3.63) is 127 Å². The zero-order valence-corrected chi connectivity index (χ0v) is 28.3. The van der Waals surface area contributed by atoms with Crippen molar-refractivity contribution in [1.82, 2.24) is 10.2 Å². The number of nitrogens with one attached hydrogen (secondary N) is 1. The van der Waals surface area contributed by atoms with Crippen molar-refractivity contribution >= 4 is 57.8 Å². The smallest absolute Gasteiger partial charge is 0.239 e. The van der Waals surface area contributed by atoms with Crippen LogP contribution in [0.3, 0.4) is 0 Å². The highest BCUT2D eigenvalue weighted by Crippen LogP contribution is 2.54. The van der Waals surface area contributed by atoms with Gasteiger partial charge in [-0.15, -0.1) is 11.8 Å². The number of rotatable bonds is 11. The van der Waals surface area contributed by atoms with E-state index in [2.05, 4.69) is 27.9 Å². The van der Waals surface area contributed by atoms with Gasteiger partial charge in [0.05, 0.1) is 26.2 Å². The Morgan fingerprint density at radius 2 is 1.77 bits per heavy atom. The molecule has 6 nitrogen and oxygen atoms in total. The number of aliphatic hydroxyl groups is 1. The molecule has 228 valence electrons. The Kier molecular flexibility index (Phi) is 10.6. The molecule has 1 aliphatic rings. The zero-order chi connectivity index (χ0) is 31.3. The normalized spacial score (nSPS) is 18.0. The summed E-state index contributed by atoms with van der Waals surface area (Å²) < 4.78 is 4.97. The van der Waals surface area contributed by atoms with E-state index in [0.717, 1.165) is 42.0 Å². The van der Waals surface area contributed by atoms with Gasteiger partial charge in [0.1, 0.15) is 10.5 Å². The summed E-state index contributed by atoms with van der Waals surface area (Å²) in [5.74, 6) is 0.458. The molecular weight excluding hydrogens is 707 g/mol. The summed E-state index contributed by atoms with van der Waals surface area (Å²) in [6, 6.07) is 28.4. The highest BCUT2D eigenvalue weighted by Gasteiger charge is 2.58. The second-order valence-corrected chi connectivity index (χ2v) is 13.8. The number of hydrogen-bond acceptors (Lipinski definition) is 5. The molecule has 9 heteroatoms. The van der Waals surface area contributed by atoms with Gasteiger partial charge in [-0.05, 0) is 94.6 Å². The zero-order valence-electron chi connectivity index (χ0n) is 24.6. The fraction of sp³-hybridized carbons (Fsp3) is 0.257. The monoisotopic (exact) mass is 740 g/mol. The Balaban J connectivity index is 1.56. The molecule has 0 saturated carbocycles. The number of thioether (sulfide) groups is 1. The summed E-state index contributed by atoms with van der Waals surface area (Å²) >= 11 is 10.3. The predicted molar refractivity (Wildman–Crippen MR) is 184 cm³/mol. The Labute approximate surface area is 281 Å². The van der Waals surface area contributed by atoms with E-state index in [-0.39, 0.29) is 31.4 Å². The first-order valence-corrected chi connectivity index (χ1v) is 16.6. The second kappa shape index (κ2) is 14.4. The van der Waals surface area contributed by atoms with Gasteiger partial charge in [-0.3, -0.25) is 9.59 Å². The fourth-order valence-corrected chi connectivity index (χ4v) is 8.03. The minimum absolute atomic E-state index is 0.0207. The summed E-state index contributed by atoms with van der Waals surface area (Å²) in [5.41, 5.74) is 4.61. The van der Waals surface area contributed by atoms with Gasteiger partial charge >= 0.3 is 0 Å². The first-order chi connectivity index (χ1) is 21.2. The van der Waals surface area contributed by atoms with Crippen LogP contribution in [0.2, 0.25) is 5.02 Å². The van der Waals surface area contributed by atoms with Gasteiger partial charge < -0.3 is 20.1 Å². The highest BCUT2D eigenvalue weighted by molar-refractivity contribution is 14.1. The van der Waals surface area contributed by atoms with Crippen LogP contribution in [0, 0.1) is 10.5 Å². The molecule has 4 aromatic rings. The van der Waals surface area contributed by atoms with Crippen LogP contribution in [0.5, 0.6) is 5.75 Å². The third-order valence-corrected chi connectivity index (χ3v) is 10.6. The molecule has 2 amide bonds. The van der Waals surface area contributed by atoms with Gasteiger partial charge in [-0.25, -0.2) is 0 Å². The van der Waals surface area contributed by atoms with Crippen molar-refractivity contribution < 1.29 is 19.4 Å². The molecule has 0 bridgehead atoms. The minimum atomic E-state index is -1.17. The molecule has 0 spiro atoms. The molecule has 1 saturated heterocycles. The first kappa shape index (κ1) is 32.3. The van der Waals surface area contributed by atoms with E-state index in [1.54, 1.807) is 12.0 Å². The number of aliphatic hydroxyl groups excluding tert-OH is 1. The number of amides is 2. The number of methoxy groups -OCH3 is 1. The quantitative estimate of drug-likeness (QED) is 0.160. The largest absolute Gasteiger partial charge is 0.497 e. The summed E-state index contributed by atoms with van der Waals surface area (Å²) in [6.07, 6.45) is 0.651. The maximum atomic E-state index is 14.6. The lowest BCUT2D eigenvalue weighted by atomic mass is 9.90. The molecule has 2 N–H and O–H groups in total. The van der Waals surface area contributed by atoms with Crippen molar-refractivity contribution in [2.24, 2.45) is 0 Å². The molecule has 0 radical (unpaired) electrons. The first-order valence-electron chi connectivity index (χ1n) is 14.3. The van der Waals surface area contributed by atoms with Gasteiger partial charge in [0.15, 0.2) is 0 Å². The van der Waals surface area contributed by atoms with Gasteiger partial charge in [0, 0.05) is 26.6 Å². The molecule has 44 heavy (non-hydrogen) atoms. The molecule has 2 atom stereocenters. The number of likely N-dealkylation sites (tertiary alicyclic amines) is 1. The number of carbonyl (C=O) groups is 2. The van der Waals surface area contributed by atoms with Crippen LogP contribution in [-0.4, -0.2) is 40.2 Å². The van der Waals surface area contributed by atoms with E-state index in [1.165, 1.54) is 11.8 Å². The molecule has 5 rings (SSSR count). The average molecular weight is 741 g/mol. The van der Waals surface area contributed by atoms with Crippen molar-refractivity contribution in [3.63, 3.8) is 0 Å². The third kappa shape index (κ3) is 7.09. The second-order valence-electron chi connectivity index (χ2n) is 10.9. The van der Waals surface area contributed by atoms with Crippen LogP contribution in [-0.2, 0) is 29.2 Å². The van der Waals surface area contributed by atoms with Crippen LogP contribution in [0.1, 0.15) is 40.3 Å². The molecule has 0 unspecified atom stereocenters. The lowest BCUT2D eigenvalue weighted by Crippen LogP contribution is -2.49. The number of halogens is 2.